The van der Waals surface area contributed by atoms with Gasteiger partial charge in [0.15, 0.2) is 0 Å². The van der Waals surface area contributed by atoms with E-state index in [1.54, 1.807) is 25.4 Å². The van der Waals surface area contributed by atoms with E-state index < -0.39 is 0 Å². The van der Waals surface area contributed by atoms with E-state index in [-0.39, 0.29) is 5.91 Å². The normalized spacial score (nSPS) is 14.8. The fourth-order valence-electron chi connectivity index (χ4n) is 3.59. The maximum Gasteiger partial charge on any atom is 0.257 e. The van der Waals surface area contributed by atoms with Crippen molar-refractivity contribution < 1.29 is 9.32 Å². The highest BCUT2D eigenvalue weighted by Crippen LogP contribution is 2.31. The molecule has 1 aromatic carbocycles. The Kier molecular flexibility index (Phi) is 5.76. The zero-order valence-corrected chi connectivity index (χ0v) is 16.9. The molecule has 1 aliphatic rings. The van der Waals surface area contributed by atoms with Crippen LogP contribution in [0, 0.1) is 12.8 Å². The molecule has 1 fully saturated rings. The van der Waals surface area contributed by atoms with Gasteiger partial charge in [-0.1, -0.05) is 35.0 Å². The Balaban J connectivity index is 1.38. The third-order valence-corrected chi connectivity index (χ3v) is 5.55. The van der Waals surface area contributed by atoms with Gasteiger partial charge in [-0.2, -0.15) is 0 Å². The lowest BCUT2D eigenvalue weighted by Crippen LogP contribution is -2.39. The van der Waals surface area contributed by atoms with Gasteiger partial charge in [0.25, 0.3) is 5.91 Å². The summed E-state index contributed by atoms with van der Waals surface area (Å²) in [5, 5.41) is 7.65. The van der Waals surface area contributed by atoms with Crippen molar-refractivity contribution >= 4 is 23.5 Å². The number of piperidine rings is 1. The number of nitrogens with one attached hydrogen (secondary N) is 1. The highest BCUT2D eigenvalue weighted by Gasteiger charge is 2.25. The van der Waals surface area contributed by atoms with E-state index in [9.17, 15) is 4.79 Å². The van der Waals surface area contributed by atoms with Crippen molar-refractivity contribution in [3.63, 3.8) is 0 Å². The number of anilines is 1. The number of halogens is 1. The van der Waals surface area contributed by atoms with Crippen molar-refractivity contribution in [2.75, 3.05) is 24.5 Å². The van der Waals surface area contributed by atoms with Crippen LogP contribution in [0.1, 0.15) is 29.0 Å². The van der Waals surface area contributed by atoms with Gasteiger partial charge in [0.1, 0.15) is 17.0 Å². The molecule has 1 amide bonds. The van der Waals surface area contributed by atoms with Crippen LogP contribution in [0.4, 0.5) is 5.95 Å². The summed E-state index contributed by atoms with van der Waals surface area (Å²) >= 11 is 6.28. The second kappa shape index (κ2) is 8.61. The molecule has 3 heterocycles. The Morgan fingerprint density at radius 3 is 2.66 bits per heavy atom. The zero-order valence-electron chi connectivity index (χ0n) is 16.1. The summed E-state index contributed by atoms with van der Waals surface area (Å²) in [5.74, 6) is 1.46. The number of hydrogen-bond donors (Lipinski definition) is 1. The summed E-state index contributed by atoms with van der Waals surface area (Å²) in [6.45, 7) is 4.10. The first kappa shape index (κ1) is 19.4. The molecule has 7 nitrogen and oxygen atoms in total. The lowest BCUT2D eigenvalue weighted by Gasteiger charge is -2.31. The van der Waals surface area contributed by atoms with Crippen LogP contribution in [-0.4, -0.2) is 40.7 Å². The van der Waals surface area contributed by atoms with E-state index in [0.29, 0.717) is 40.1 Å². The minimum atomic E-state index is -0.188. The molecule has 0 atom stereocenters. The van der Waals surface area contributed by atoms with Crippen molar-refractivity contribution in [3.8, 4) is 11.3 Å². The van der Waals surface area contributed by atoms with Gasteiger partial charge in [0.2, 0.25) is 5.95 Å². The molecule has 8 heteroatoms. The van der Waals surface area contributed by atoms with Crippen molar-refractivity contribution in [1.29, 1.82) is 0 Å². The Hall–Kier alpha value is -2.93. The van der Waals surface area contributed by atoms with Gasteiger partial charge < -0.3 is 14.7 Å². The number of hydrogen-bond acceptors (Lipinski definition) is 6. The van der Waals surface area contributed by atoms with E-state index in [1.165, 1.54) is 0 Å². The lowest BCUT2D eigenvalue weighted by molar-refractivity contribution is 0.0944. The first-order chi connectivity index (χ1) is 14.1. The van der Waals surface area contributed by atoms with Gasteiger partial charge in [-0.15, -0.1) is 0 Å². The molecular weight excluding hydrogens is 390 g/mol. The van der Waals surface area contributed by atoms with E-state index >= 15 is 0 Å². The number of amides is 1. The smallest absolute Gasteiger partial charge is 0.257 e. The average molecular weight is 412 g/mol. The molecule has 2 aromatic heterocycles. The number of aromatic nitrogens is 3. The van der Waals surface area contributed by atoms with Gasteiger partial charge in [-0.25, -0.2) is 9.97 Å². The molecule has 4 rings (SSSR count). The molecular formula is C21H22ClN5O2. The minimum absolute atomic E-state index is 0.188. The summed E-state index contributed by atoms with van der Waals surface area (Å²) in [6, 6.07) is 9.11. The second-order valence-corrected chi connectivity index (χ2v) is 7.54. The SMILES string of the molecule is Cc1onc(-c2ccccc2Cl)c1C(=O)NCC1CCN(c2ncccn2)CC1. The average Bonchev–Trinajstić information content (AvgIpc) is 3.14. The molecule has 1 aliphatic heterocycles. The van der Waals surface area contributed by atoms with Crippen molar-refractivity contribution in [2.45, 2.75) is 19.8 Å². The molecule has 3 aromatic rings. The third kappa shape index (κ3) is 4.24. The van der Waals surface area contributed by atoms with Gasteiger partial charge in [-0.05, 0) is 37.8 Å². The number of nitrogens with zero attached hydrogens (tertiary/aromatic N) is 4. The van der Waals surface area contributed by atoms with Crippen LogP contribution in [0.15, 0.2) is 47.2 Å². The molecule has 0 saturated carbocycles. The van der Waals surface area contributed by atoms with Crippen LogP contribution in [-0.2, 0) is 0 Å². The molecule has 0 aliphatic carbocycles. The summed E-state index contributed by atoms with van der Waals surface area (Å²) in [5.41, 5.74) is 1.60. The van der Waals surface area contributed by atoms with Crippen LogP contribution in [0.5, 0.6) is 0 Å². The van der Waals surface area contributed by atoms with Crippen LogP contribution < -0.4 is 10.2 Å². The molecule has 1 saturated heterocycles. The number of benzene rings is 1. The number of rotatable bonds is 5. The molecule has 150 valence electrons. The molecule has 1 N–H and O–H groups in total. The summed E-state index contributed by atoms with van der Waals surface area (Å²) < 4.78 is 5.29. The highest BCUT2D eigenvalue weighted by atomic mass is 35.5. The highest BCUT2D eigenvalue weighted by molar-refractivity contribution is 6.33. The van der Waals surface area contributed by atoms with Crippen LogP contribution >= 0.6 is 11.6 Å². The van der Waals surface area contributed by atoms with Crippen molar-refractivity contribution in [2.24, 2.45) is 5.92 Å². The van der Waals surface area contributed by atoms with Crippen LogP contribution in [0.3, 0.4) is 0 Å². The summed E-state index contributed by atoms with van der Waals surface area (Å²) in [6.07, 6.45) is 5.45. The number of carbonyl (C=O) groups excluding carboxylic acids is 1. The molecule has 0 spiro atoms. The topological polar surface area (TPSA) is 84.2 Å². The van der Waals surface area contributed by atoms with Crippen LogP contribution in [0.2, 0.25) is 5.02 Å². The second-order valence-electron chi connectivity index (χ2n) is 7.13. The van der Waals surface area contributed by atoms with E-state index in [4.69, 9.17) is 16.1 Å². The standard InChI is InChI=1S/C21H22ClN5O2/c1-14-18(19(26-29-14)16-5-2-3-6-17(16)22)20(28)25-13-15-7-11-27(12-8-15)21-23-9-4-10-24-21/h2-6,9-10,15H,7-8,11-13H2,1H3,(H,25,28). The molecule has 0 unspecified atom stereocenters. The predicted octanol–water partition coefficient (Wildman–Crippen LogP) is 3.74. The maximum atomic E-state index is 12.9. The fraction of sp³-hybridized carbons (Fsp3) is 0.333. The zero-order chi connectivity index (χ0) is 20.2. The van der Waals surface area contributed by atoms with Crippen molar-refractivity contribution in [3.05, 3.63) is 59.1 Å². The number of aryl methyl sites for hydroxylation is 1. The van der Waals surface area contributed by atoms with Crippen LogP contribution in [0.25, 0.3) is 11.3 Å². The molecule has 0 bridgehead atoms. The fourth-order valence-corrected chi connectivity index (χ4v) is 3.82. The van der Waals surface area contributed by atoms with Gasteiger partial charge in [-0.3, -0.25) is 4.79 Å². The number of carbonyl (C=O) groups is 1. The summed E-state index contributed by atoms with van der Waals surface area (Å²) in [4.78, 5) is 23.7. The summed E-state index contributed by atoms with van der Waals surface area (Å²) in [7, 11) is 0. The Morgan fingerprint density at radius 2 is 1.93 bits per heavy atom. The van der Waals surface area contributed by atoms with Gasteiger partial charge >= 0.3 is 0 Å². The van der Waals surface area contributed by atoms with E-state index in [2.05, 4.69) is 25.3 Å². The van der Waals surface area contributed by atoms with Crippen molar-refractivity contribution in [1.82, 2.24) is 20.4 Å². The largest absolute Gasteiger partial charge is 0.360 e. The minimum Gasteiger partial charge on any atom is -0.360 e. The maximum absolute atomic E-state index is 12.9. The third-order valence-electron chi connectivity index (χ3n) is 5.22. The first-order valence-electron chi connectivity index (χ1n) is 9.65. The Bertz CT molecular complexity index is 984. The molecule has 0 radical (unpaired) electrons. The quantitative estimate of drug-likeness (QED) is 0.688. The van der Waals surface area contributed by atoms with Gasteiger partial charge in [0, 0.05) is 37.6 Å². The van der Waals surface area contributed by atoms with E-state index in [0.717, 1.165) is 31.9 Å². The predicted molar refractivity (Wildman–Crippen MR) is 111 cm³/mol. The Labute approximate surface area is 174 Å². The molecule has 29 heavy (non-hydrogen) atoms. The monoisotopic (exact) mass is 411 g/mol. The lowest BCUT2D eigenvalue weighted by atomic mass is 9.96. The van der Waals surface area contributed by atoms with Gasteiger partial charge in [0.05, 0.1) is 5.02 Å². The Morgan fingerprint density at radius 1 is 1.21 bits per heavy atom. The van der Waals surface area contributed by atoms with E-state index in [1.807, 2.05) is 24.3 Å². The first-order valence-corrected chi connectivity index (χ1v) is 10.0.